The van der Waals surface area contributed by atoms with Gasteiger partial charge in [0, 0.05) is 29.6 Å². The molecule has 1 N–H and O–H groups in total. The summed E-state index contributed by atoms with van der Waals surface area (Å²) in [5.74, 6) is 0. The Morgan fingerprint density at radius 3 is 1.70 bits per heavy atom. The van der Waals surface area contributed by atoms with Gasteiger partial charge in [0.15, 0.2) is 0 Å². The number of rotatable bonds is 14. The first-order chi connectivity index (χ1) is 12.3. The first-order valence-electron chi connectivity index (χ1n) is 9.25. The summed E-state index contributed by atoms with van der Waals surface area (Å²) in [6, 6.07) is 4.86. The minimum absolute atomic E-state index is 0. The van der Waals surface area contributed by atoms with E-state index in [4.69, 9.17) is 8.74 Å². The molecule has 6 nitrogen and oxygen atoms in total. The van der Waals surface area contributed by atoms with Crippen LogP contribution in [0.4, 0.5) is 0 Å². The van der Waals surface area contributed by atoms with Gasteiger partial charge in [0.2, 0.25) is 0 Å². The maximum Gasteiger partial charge on any atom is 0.298 e. The zero-order valence-electron chi connectivity index (χ0n) is 16.4. The maximum absolute atomic E-state index is 12.2. The van der Waals surface area contributed by atoms with Gasteiger partial charge in [-0.2, -0.15) is 16.8 Å². The van der Waals surface area contributed by atoms with Crippen LogP contribution in [0.2, 0.25) is 0 Å². The van der Waals surface area contributed by atoms with Gasteiger partial charge < -0.3 is 0 Å². The summed E-state index contributed by atoms with van der Waals surface area (Å²) in [6.45, 7) is 2.20. The molecule has 0 fully saturated rings. The molecular weight excluding hydrogens is 399 g/mol. The van der Waals surface area contributed by atoms with Crippen LogP contribution >= 0.6 is 0 Å². The van der Waals surface area contributed by atoms with Crippen molar-refractivity contribution in [2.24, 2.45) is 0 Å². The molecule has 1 aromatic rings. The second-order valence-electron chi connectivity index (χ2n) is 6.38. The summed E-state index contributed by atoms with van der Waals surface area (Å²) in [5.41, 5.74) is 0. The molecule has 1 radical (unpaired) electrons. The minimum Gasteiger partial charge on any atom is -0.282 e. The molecule has 0 heterocycles. The molecule has 0 saturated heterocycles. The van der Waals surface area contributed by atoms with E-state index in [-0.39, 0.29) is 36.2 Å². The van der Waals surface area contributed by atoms with Gasteiger partial charge in [0.05, 0.1) is 6.61 Å². The summed E-state index contributed by atoms with van der Waals surface area (Å²) in [4.78, 5) is -1.20. The van der Waals surface area contributed by atoms with Crippen molar-refractivity contribution in [2.45, 2.75) is 80.9 Å². The molecule has 9 heteroatoms. The van der Waals surface area contributed by atoms with Crippen LogP contribution in [0.25, 0.3) is 0 Å². The topological polar surface area (TPSA) is 97.7 Å². The van der Waals surface area contributed by atoms with Crippen molar-refractivity contribution >= 4 is 49.8 Å². The zero-order chi connectivity index (χ0) is 19.5. The van der Waals surface area contributed by atoms with E-state index in [0.29, 0.717) is 6.42 Å². The monoisotopic (exact) mass is 429 g/mol. The Morgan fingerprint density at radius 1 is 0.778 bits per heavy atom. The van der Waals surface area contributed by atoms with Gasteiger partial charge in [-0.05, 0) is 18.6 Å². The fourth-order valence-corrected chi connectivity index (χ4v) is 4.91. The van der Waals surface area contributed by atoms with E-state index in [1.54, 1.807) is 0 Å². The maximum atomic E-state index is 12.2. The number of hydrogen-bond acceptors (Lipinski definition) is 5. The summed E-state index contributed by atoms with van der Waals surface area (Å²) in [7, 11) is -8.85. The van der Waals surface area contributed by atoms with Gasteiger partial charge in [-0.15, -0.1) is 0 Å². The summed E-state index contributed by atoms with van der Waals surface area (Å²) >= 11 is 0. The quantitative estimate of drug-likeness (QED) is 0.206. The second-order valence-corrected chi connectivity index (χ2v) is 9.35. The van der Waals surface area contributed by atoms with E-state index in [0.717, 1.165) is 31.4 Å². The Labute approximate surface area is 186 Å². The van der Waals surface area contributed by atoms with Crippen molar-refractivity contribution < 1.29 is 25.6 Å². The first-order valence-corrected chi connectivity index (χ1v) is 12.1. The van der Waals surface area contributed by atoms with E-state index in [9.17, 15) is 16.8 Å². The van der Waals surface area contributed by atoms with Crippen molar-refractivity contribution in [3.8, 4) is 0 Å². The molecule has 0 bridgehead atoms. The predicted octanol–water partition coefficient (Wildman–Crippen LogP) is 4.18. The molecule has 0 saturated carbocycles. The molecule has 0 aliphatic rings. The van der Waals surface area contributed by atoms with E-state index < -0.39 is 30.0 Å². The van der Waals surface area contributed by atoms with Crippen molar-refractivity contribution in [2.75, 3.05) is 6.61 Å². The third-order valence-electron chi connectivity index (χ3n) is 4.13. The number of benzene rings is 1. The Hall–Kier alpha value is 0.0400. The average molecular weight is 430 g/mol. The van der Waals surface area contributed by atoms with Crippen LogP contribution in [-0.4, -0.2) is 57.6 Å². The normalized spacial score (nSPS) is 11.9. The van der Waals surface area contributed by atoms with Gasteiger partial charge >= 0.3 is 0 Å². The van der Waals surface area contributed by atoms with Crippen LogP contribution < -0.4 is 0 Å². The van der Waals surface area contributed by atoms with Crippen LogP contribution in [0, 0.1) is 0 Å². The fraction of sp³-hybridized carbons (Fsp3) is 0.667. The Kier molecular flexibility index (Phi) is 14.1. The molecule has 0 unspecified atom stereocenters. The van der Waals surface area contributed by atoms with E-state index in [1.165, 1.54) is 50.7 Å². The van der Waals surface area contributed by atoms with Crippen LogP contribution in [0.5, 0.6) is 0 Å². The molecule has 0 amide bonds. The number of unbranched alkanes of at least 4 members (excludes halogenated alkanes) is 9. The number of hydrogen-bond donors (Lipinski definition) is 1. The van der Waals surface area contributed by atoms with Crippen molar-refractivity contribution in [1.82, 2.24) is 0 Å². The van der Waals surface area contributed by atoms with Gasteiger partial charge in [0.1, 0.15) is 9.79 Å². The zero-order valence-corrected chi connectivity index (χ0v) is 20.0. The van der Waals surface area contributed by atoms with Crippen molar-refractivity contribution in [3.63, 3.8) is 0 Å². The molecule has 0 spiro atoms. The second kappa shape index (κ2) is 14.1. The first kappa shape index (κ1) is 27.0. The van der Waals surface area contributed by atoms with Gasteiger partial charge in [-0.25, -0.2) is 0 Å². The van der Waals surface area contributed by atoms with Crippen LogP contribution in [0.15, 0.2) is 34.1 Å². The van der Waals surface area contributed by atoms with Crippen molar-refractivity contribution in [3.05, 3.63) is 24.3 Å². The fourth-order valence-electron chi connectivity index (χ4n) is 2.69. The third-order valence-corrected chi connectivity index (χ3v) is 6.55. The van der Waals surface area contributed by atoms with Crippen LogP contribution in [0.3, 0.4) is 0 Å². The SMILES string of the molecule is CCCCCCCCCCCCOS(=O)(=O)c1ccccc1S(=O)(=O)O.[Na]. The van der Waals surface area contributed by atoms with Gasteiger partial charge in [-0.1, -0.05) is 76.8 Å². The Morgan fingerprint density at radius 2 is 1.22 bits per heavy atom. The Bertz CT molecular complexity index is 732. The molecular formula is C18H30NaO6S2. The molecule has 0 atom stereocenters. The average Bonchev–Trinajstić information content (AvgIpc) is 2.59. The molecule has 1 aromatic carbocycles. The minimum atomic E-state index is -4.63. The summed E-state index contributed by atoms with van der Waals surface area (Å²) < 4.78 is 61.0. The summed E-state index contributed by atoms with van der Waals surface area (Å²) in [6.07, 6.45) is 11.2. The van der Waals surface area contributed by atoms with Gasteiger partial charge in [-0.3, -0.25) is 8.74 Å². The molecule has 151 valence electrons. The predicted molar refractivity (Wildman–Crippen MR) is 107 cm³/mol. The van der Waals surface area contributed by atoms with E-state index in [1.807, 2.05) is 0 Å². The molecule has 0 aliphatic heterocycles. The van der Waals surface area contributed by atoms with Crippen LogP contribution in [-0.2, 0) is 24.4 Å². The smallest absolute Gasteiger partial charge is 0.282 e. The largest absolute Gasteiger partial charge is 0.298 e. The molecule has 0 aromatic heterocycles. The van der Waals surface area contributed by atoms with Gasteiger partial charge in [0.25, 0.3) is 20.2 Å². The third kappa shape index (κ3) is 11.0. The molecule has 1 rings (SSSR count). The Balaban J connectivity index is 0.00000676. The molecule has 27 heavy (non-hydrogen) atoms. The summed E-state index contributed by atoms with van der Waals surface area (Å²) in [5, 5.41) is 0. The van der Waals surface area contributed by atoms with Crippen LogP contribution in [0.1, 0.15) is 71.1 Å². The standard InChI is InChI=1S/C18H30O6S2.Na/c1-2-3-4-5-6-7-8-9-10-13-16-24-26(22,23)18-15-12-11-14-17(18)25(19,20)21;/h11-12,14-15H,2-10,13,16H2,1H3,(H,19,20,21);. The van der Waals surface area contributed by atoms with E-state index >= 15 is 0 Å². The van der Waals surface area contributed by atoms with Crippen molar-refractivity contribution in [1.29, 1.82) is 0 Å². The van der Waals surface area contributed by atoms with E-state index in [2.05, 4.69) is 6.92 Å². The molecule has 0 aliphatic carbocycles.